The molecule has 0 unspecified atom stereocenters. The SMILES string of the molecule is O=C(N1CCC[C@@H](c2ncc3cnc4[nH]ccc4n23)C1)N1CCC(F)(F)C1. The van der Waals surface area contributed by atoms with Gasteiger partial charge in [0.1, 0.15) is 5.82 Å². The number of rotatable bonds is 1. The van der Waals surface area contributed by atoms with Crippen LogP contribution < -0.4 is 0 Å². The van der Waals surface area contributed by atoms with Crippen LogP contribution in [0.1, 0.15) is 31.0 Å². The van der Waals surface area contributed by atoms with Crippen molar-refractivity contribution in [1.82, 2.24) is 29.2 Å². The summed E-state index contributed by atoms with van der Waals surface area (Å²) in [6.45, 7) is 0.736. The van der Waals surface area contributed by atoms with Gasteiger partial charge in [-0.15, -0.1) is 0 Å². The number of carbonyl (C=O) groups is 1. The molecular weight excluding hydrogens is 354 g/mol. The number of halogens is 2. The molecule has 3 aromatic heterocycles. The van der Waals surface area contributed by atoms with Crippen LogP contribution in [0.2, 0.25) is 0 Å². The number of carbonyl (C=O) groups excluding carboxylic acids is 1. The number of hydrogen-bond donors (Lipinski definition) is 1. The molecule has 1 N–H and O–H groups in total. The molecule has 2 saturated heterocycles. The van der Waals surface area contributed by atoms with Gasteiger partial charge in [-0.3, -0.25) is 4.40 Å². The molecule has 5 heterocycles. The molecule has 0 aromatic carbocycles. The number of nitrogens with one attached hydrogen (secondary N) is 1. The third kappa shape index (κ3) is 2.72. The van der Waals surface area contributed by atoms with Crippen molar-refractivity contribution in [3.63, 3.8) is 0 Å². The monoisotopic (exact) mass is 374 g/mol. The average Bonchev–Trinajstić information content (AvgIpc) is 3.37. The Kier molecular flexibility index (Phi) is 3.60. The van der Waals surface area contributed by atoms with Crippen molar-refractivity contribution >= 4 is 22.7 Å². The fourth-order valence-electron chi connectivity index (χ4n) is 4.25. The van der Waals surface area contributed by atoms with Crippen LogP contribution in [0.15, 0.2) is 24.7 Å². The van der Waals surface area contributed by atoms with Crippen molar-refractivity contribution in [2.24, 2.45) is 0 Å². The van der Waals surface area contributed by atoms with Crippen LogP contribution in [0.5, 0.6) is 0 Å². The van der Waals surface area contributed by atoms with Gasteiger partial charge in [0, 0.05) is 38.2 Å². The lowest BCUT2D eigenvalue weighted by Crippen LogP contribution is -2.47. The van der Waals surface area contributed by atoms with Crippen molar-refractivity contribution in [3.8, 4) is 0 Å². The van der Waals surface area contributed by atoms with E-state index in [1.807, 2.05) is 12.3 Å². The number of piperidine rings is 1. The second-order valence-corrected chi connectivity index (χ2v) is 7.44. The van der Waals surface area contributed by atoms with E-state index in [4.69, 9.17) is 0 Å². The number of nitrogens with zero attached hydrogens (tertiary/aromatic N) is 5. The molecule has 5 rings (SSSR count). The Morgan fingerprint density at radius 1 is 1.22 bits per heavy atom. The molecule has 0 saturated carbocycles. The van der Waals surface area contributed by atoms with Crippen LogP contribution in [0.4, 0.5) is 13.6 Å². The van der Waals surface area contributed by atoms with Crippen molar-refractivity contribution in [2.45, 2.75) is 31.1 Å². The normalized spacial score (nSPS) is 22.8. The van der Waals surface area contributed by atoms with E-state index in [9.17, 15) is 13.6 Å². The number of fused-ring (bicyclic) bond motifs is 3. The summed E-state index contributed by atoms with van der Waals surface area (Å²) in [5, 5.41) is 0. The maximum absolute atomic E-state index is 13.5. The van der Waals surface area contributed by atoms with Gasteiger partial charge < -0.3 is 14.8 Å². The van der Waals surface area contributed by atoms with Crippen molar-refractivity contribution in [1.29, 1.82) is 0 Å². The minimum atomic E-state index is -2.77. The summed E-state index contributed by atoms with van der Waals surface area (Å²) in [4.78, 5) is 27.8. The number of hydrogen-bond acceptors (Lipinski definition) is 3. The molecule has 0 spiro atoms. The second kappa shape index (κ2) is 5.90. The molecule has 0 radical (unpaired) electrons. The van der Waals surface area contributed by atoms with E-state index in [1.165, 1.54) is 4.90 Å². The molecule has 2 aliphatic rings. The number of aromatic amines is 1. The zero-order valence-corrected chi connectivity index (χ0v) is 14.7. The largest absolute Gasteiger partial charge is 0.345 e. The van der Waals surface area contributed by atoms with Gasteiger partial charge in [0.15, 0.2) is 5.65 Å². The van der Waals surface area contributed by atoms with Crippen molar-refractivity contribution in [2.75, 3.05) is 26.2 Å². The van der Waals surface area contributed by atoms with Gasteiger partial charge in [0.2, 0.25) is 0 Å². The molecular formula is C18H20F2N6O. The molecule has 2 amide bonds. The van der Waals surface area contributed by atoms with E-state index in [0.29, 0.717) is 13.1 Å². The van der Waals surface area contributed by atoms with E-state index >= 15 is 0 Å². The summed E-state index contributed by atoms with van der Waals surface area (Å²) >= 11 is 0. The maximum atomic E-state index is 13.5. The molecule has 27 heavy (non-hydrogen) atoms. The minimum absolute atomic E-state index is 0.0637. The van der Waals surface area contributed by atoms with Crippen LogP contribution in [-0.4, -0.2) is 67.3 Å². The van der Waals surface area contributed by atoms with E-state index in [0.717, 1.165) is 35.3 Å². The summed E-state index contributed by atoms with van der Waals surface area (Å²) in [6.07, 6.45) is 6.89. The number of amides is 2. The van der Waals surface area contributed by atoms with E-state index in [1.54, 1.807) is 17.3 Å². The molecule has 2 aliphatic heterocycles. The topological polar surface area (TPSA) is 69.5 Å². The summed E-state index contributed by atoms with van der Waals surface area (Å²) in [7, 11) is 0. The number of aromatic nitrogens is 4. The predicted octanol–water partition coefficient (Wildman–Crippen LogP) is 2.85. The van der Waals surface area contributed by atoms with Gasteiger partial charge in [0.05, 0.1) is 30.0 Å². The number of likely N-dealkylation sites (tertiary alicyclic amines) is 2. The first-order chi connectivity index (χ1) is 13.0. The number of urea groups is 1. The first-order valence-corrected chi connectivity index (χ1v) is 9.23. The van der Waals surface area contributed by atoms with Crippen LogP contribution in [0.25, 0.3) is 16.7 Å². The lowest BCUT2D eigenvalue weighted by Gasteiger charge is -2.34. The highest BCUT2D eigenvalue weighted by Crippen LogP contribution is 2.31. The van der Waals surface area contributed by atoms with Crippen LogP contribution >= 0.6 is 0 Å². The van der Waals surface area contributed by atoms with Gasteiger partial charge in [-0.1, -0.05) is 0 Å². The van der Waals surface area contributed by atoms with Gasteiger partial charge in [-0.05, 0) is 18.9 Å². The van der Waals surface area contributed by atoms with E-state index in [-0.39, 0.29) is 24.9 Å². The minimum Gasteiger partial charge on any atom is -0.345 e. The Morgan fingerprint density at radius 2 is 2.07 bits per heavy atom. The number of imidazole rings is 1. The lowest BCUT2D eigenvalue weighted by molar-refractivity contribution is 0.0134. The Hall–Kier alpha value is -2.71. The fraction of sp³-hybridized carbons (Fsp3) is 0.500. The highest BCUT2D eigenvalue weighted by atomic mass is 19.3. The highest BCUT2D eigenvalue weighted by Gasteiger charge is 2.42. The van der Waals surface area contributed by atoms with Gasteiger partial charge in [-0.25, -0.2) is 23.5 Å². The maximum Gasteiger partial charge on any atom is 0.320 e. The van der Waals surface area contributed by atoms with Crippen molar-refractivity contribution in [3.05, 3.63) is 30.5 Å². The van der Waals surface area contributed by atoms with Gasteiger partial charge in [0.25, 0.3) is 5.92 Å². The van der Waals surface area contributed by atoms with E-state index in [2.05, 4.69) is 19.4 Å². The van der Waals surface area contributed by atoms with Crippen LogP contribution in [0.3, 0.4) is 0 Å². The van der Waals surface area contributed by atoms with Crippen molar-refractivity contribution < 1.29 is 13.6 Å². The zero-order chi connectivity index (χ0) is 18.6. The number of alkyl halides is 2. The molecule has 3 aromatic rings. The quantitative estimate of drug-likeness (QED) is 0.712. The molecule has 142 valence electrons. The fourth-order valence-corrected chi connectivity index (χ4v) is 4.25. The van der Waals surface area contributed by atoms with Crippen LogP contribution in [0, 0.1) is 0 Å². The van der Waals surface area contributed by atoms with Crippen LogP contribution in [-0.2, 0) is 0 Å². The van der Waals surface area contributed by atoms with E-state index < -0.39 is 12.5 Å². The highest BCUT2D eigenvalue weighted by molar-refractivity contribution is 5.76. The summed E-state index contributed by atoms with van der Waals surface area (Å²) < 4.78 is 29.0. The zero-order valence-electron chi connectivity index (χ0n) is 14.7. The standard InChI is InChI=1S/C18H20F2N6O/c19-18(20)4-7-25(11-18)17(27)24-6-1-2-12(10-24)16-23-9-13-8-22-15-14(26(13)16)3-5-21-15/h3,5,8-9,12,21H,1-2,4,6-7,10-11H2/t12-/m1/s1. The smallest absolute Gasteiger partial charge is 0.320 e. The average molecular weight is 374 g/mol. The third-order valence-electron chi connectivity index (χ3n) is 5.58. The Morgan fingerprint density at radius 3 is 2.89 bits per heavy atom. The number of H-pyrrole nitrogens is 1. The first-order valence-electron chi connectivity index (χ1n) is 9.23. The molecule has 0 aliphatic carbocycles. The molecule has 1 atom stereocenters. The van der Waals surface area contributed by atoms with Gasteiger partial charge >= 0.3 is 6.03 Å². The Balaban J connectivity index is 1.42. The molecule has 7 nitrogen and oxygen atoms in total. The molecule has 0 bridgehead atoms. The predicted molar refractivity (Wildman–Crippen MR) is 94.9 cm³/mol. The Bertz CT molecular complexity index is 1010. The lowest BCUT2D eigenvalue weighted by atomic mass is 9.97. The second-order valence-electron chi connectivity index (χ2n) is 7.44. The van der Waals surface area contributed by atoms with Gasteiger partial charge in [-0.2, -0.15) is 0 Å². The summed E-state index contributed by atoms with van der Waals surface area (Å²) in [5.41, 5.74) is 2.63. The Labute approximate surface area is 154 Å². The molecule has 2 fully saturated rings. The third-order valence-corrected chi connectivity index (χ3v) is 5.58. The molecule has 9 heteroatoms. The first kappa shape index (κ1) is 16.5. The summed E-state index contributed by atoms with van der Waals surface area (Å²) in [5.74, 6) is -1.81. The summed E-state index contributed by atoms with van der Waals surface area (Å²) in [6, 6.07) is 1.67.